The van der Waals surface area contributed by atoms with Gasteiger partial charge in [0.15, 0.2) is 6.29 Å². The average molecular weight is 238 g/mol. The zero-order valence-electron chi connectivity index (χ0n) is 11.3. The summed E-state index contributed by atoms with van der Waals surface area (Å²) < 4.78 is 10.5. The Labute approximate surface area is 103 Å². The Morgan fingerprint density at radius 1 is 1.29 bits per heavy atom. The fraction of sp³-hybridized carbons (Fsp3) is 0.571. The second kappa shape index (κ2) is 5.52. The standard InChI is InChI=1S/C14H22O3/c1-10(15)17-9-11-6-7-13(16-5)12(8-11)14(2,3)4/h6-8,10,15H,9H2,1-5H3. The molecular weight excluding hydrogens is 216 g/mol. The highest BCUT2D eigenvalue weighted by Crippen LogP contribution is 2.32. The van der Waals surface area contributed by atoms with Gasteiger partial charge in [0.2, 0.25) is 0 Å². The summed E-state index contributed by atoms with van der Waals surface area (Å²) in [6.07, 6.45) is -0.741. The lowest BCUT2D eigenvalue weighted by Crippen LogP contribution is -2.14. The van der Waals surface area contributed by atoms with Crippen LogP contribution in [0, 0.1) is 0 Å². The molecule has 0 aliphatic heterocycles. The van der Waals surface area contributed by atoms with Crippen molar-refractivity contribution in [3.63, 3.8) is 0 Å². The second-order valence-corrected chi connectivity index (χ2v) is 5.19. The smallest absolute Gasteiger partial charge is 0.152 e. The van der Waals surface area contributed by atoms with Crippen LogP contribution < -0.4 is 4.74 Å². The Morgan fingerprint density at radius 2 is 1.94 bits per heavy atom. The Kier molecular flexibility index (Phi) is 4.54. The summed E-state index contributed by atoms with van der Waals surface area (Å²) >= 11 is 0. The van der Waals surface area contributed by atoms with Gasteiger partial charge in [-0.25, -0.2) is 0 Å². The molecule has 1 aromatic rings. The van der Waals surface area contributed by atoms with Gasteiger partial charge >= 0.3 is 0 Å². The first-order valence-corrected chi connectivity index (χ1v) is 5.81. The van der Waals surface area contributed by atoms with Gasteiger partial charge in [0, 0.05) is 0 Å². The molecule has 0 fully saturated rings. The van der Waals surface area contributed by atoms with Crippen molar-refractivity contribution < 1.29 is 14.6 Å². The topological polar surface area (TPSA) is 38.7 Å². The van der Waals surface area contributed by atoms with Crippen LogP contribution in [0.4, 0.5) is 0 Å². The first-order chi connectivity index (χ1) is 7.84. The Hall–Kier alpha value is -1.06. The SMILES string of the molecule is COc1ccc(COC(C)O)cc1C(C)(C)C. The van der Waals surface area contributed by atoms with E-state index in [1.54, 1.807) is 14.0 Å². The number of methoxy groups -OCH3 is 1. The molecule has 0 aliphatic rings. The second-order valence-electron chi connectivity index (χ2n) is 5.19. The molecule has 0 amide bonds. The third-order valence-electron chi connectivity index (χ3n) is 2.56. The molecule has 3 nitrogen and oxygen atoms in total. The Bertz CT molecular complexity index is 364. The van der Waals surface area contributed by atoms with Crippen molar-refractivity contribution in [1.82, 2.24) is 0 Å². The highest BCUT2D eigenvalue weighted by molar-refractivity contribution is 5.41. The third-order valence-corrected chi connectivity index (χ3v) is 2.56. The molecule has 1 aromatic carbocycles. The molecule has 3 heteroatoms. The molecule has 96 valence electrons. The number of hydrogen-bond donors (Lipinski definition) is 1. The van der Waals surface area contributed by atoms with Crippen molar-refractivity contribution in [1.29, 1.82) is 0 Å². The molecule has 1 atom stereocenters. The number of rotatable bonds is 4. The summed E-state index contributed by atoms with van der Waals surface area (Å²) in [6.45, 7) is 8.44. The van der Waals surface area contributed by atoms with Gasteiger partial charge in [-0.15, -0.1) is 0 Å². The maximum absolute atomic E-state index is 9.10. The highest BCUT2D eigenvalue weighted by Gasteiger charge is 2.19. The fourth-order valence-electron chi connectivity index (χ4n) is 1.65. The number of aliphatic hydroxyl groups is 1. The lowest BCUT2D eigenvalue weighted by molar-refractivity contribution is -0.0939. The van der Waals surface area contributed by atoms with Gasteiger partial charge in [0.25, 0.3) is 0 Å². The molecule has 1 unspecified atom stereocenters. The summed E-state index contributed by atoms with van der Waals surface area (Å²) in [5.74, 6) is 0.887. The molecule has 0 bridgehead atoms. The van der Waals surface area contributed by atoms with Gasteiger partial charge in [-0.2, -0.15) is 0 Å². The molecule has 0 aromatic heterocycles. The maximum Gasteiger partial charge on any atom is 0.152 e. The minimum absolute atomic E-state index is 0.0200. The zero-order valence-corrected chi connectivity index (χ0v) is 11.3. The van der Waals surface area contributed by atoms with Crippen molar-refractivity contribution >= 4 is 0 Å². The van der Waals surface area contributed by atoms with Crippen molar-refractivity contribution in [2.75, 3.05) is 7.11 Å². The highest BCUT2D eigenvalue weighted by atomic mass is 16.6. The first-order valence-electron chi connectivity index (χ1n) is 5.81. The average Bonchev–Trinajstić information content (AvgIpc) is 2.24. The summed E-state index contributed by atoms with van der Waals surface area (Å²) in [7, 11) is 1.68. The molecule has 0 aliphatic carbocycles. The van der Waals surface area contributed by atoms with Gasteiger partial charge in [0.05, 0.1) is 13.7 Å². The van der Waals surface area contributed by atoms with Crippen LogP contribution in [0.15, 0.2) is 18.2 Å². The van der Waals surface area contributed by atoms with E-state index in [1.165, 1.54) is 0 Å². The summed E-state index contributed by atoms with van der Waals surface area (Å²) in [5, 5.41) is 9.10. The third kappa shape index (κ3) is 4.02. The first kappa shape index (κ1) is 14.0. The normalized spacial score (nSPS) is 13.5. The van der Waals surface area contributed by atoms with Crippen LogP contribution in [-0.2, 0) is 16.8 Å². The lowest BCUT2D eigenvalue weighted by Gasteiger charge is -2.23. The van der Waals surface area contributed by atoms with E-state index in [4.69, 9.17) is 14.6 Å². The summed E-state index contributed by atoms with van der Waals surface area (Å²) in [6, 6.07) is 5.97. The molecule has 0 heterocycles. The minimum atomic E-state index is -0.741. The van der Waals surface area contributed by atoms with E-state index in [2.05, 4.69) is 26.8 Å². The van der Waals surface area contributed by atoms with Crippen LogP contribution in [0.3, 0.4) is 0 Å². The van der Waals surface area contributed by atoms with Crippen molar-refractivity contribution in [3.05, 3.63) is 29.3 Å². The van der Waals surface area contributed by atoms with E-state index in [-0.39, 0.29) is 5.41 Å². The maximum atomic E-state index is 9.10. The lowest BCUT2D eigenvalue weighted by atomic mass is 9.85. The predicted molar refractivity (Wildman–Crippen MR) is 68.2 cm³/mol. The molecule has 1 N–H and O–H groups in total. The van der Waals surface area contributed by atoms with Crippen LogP contribution in [0.25, 0.3) is 0 Å². The molecule has 17 heavy (non-hydrogen) atoms. The monoisotopic (exact) mass is 238 g/mol. The molecule has 0 radical (unpaired) electrons. The molecule has 0 spiro atoms. The Morgan fingerprint density at radius 3 is 2.41 bits per heavy atom. The molecule has 0 saturated heterocycles. The fourth-order valence-corrected chi connectivity index (χ4v) is 1.65. The van der Waals surface area contributed by atoms with Gasteiger partial charge in [-0.1, -0.05) is 26.8 Å². The van der Waals surface area contributed by atoms with Gasteiger partial charge < -0.3 is 14.6 Å². The largest absolute Gasteiger partial charge is 0.496 e. The number of ether oxygens (including phenoxy) is 2. The van der Waals surface area contributed by atoms with Crippen molar-refractivity contribution in [3.8, 4) is 5.75 Å². The van der Waals surface area contributed by atoms with Crippen molar-refractivity contribution in [2.24, 2.45) is 0 Å². The van der Waals surface area contributed by atoms with Crippen LogP contribution in [0.1, 0.15) is 38.8 Å². The van der Waals surface area contributed by atoms with E-state index in [9.17, 15) is 0 Å². The predicted octanol–water partition coefficient (Wildman–Crippen LogP) is 2.85. The quantitative estimate of drug-likeness (QED) is 0.820. The minimum Gasteiger partial charge on any atom is -0.496 e. The van der Waals surface area contributed by atoms with Gasteiger partial charge in [-0.3, -0.25) is 0 Å². The Balaban J connectivity index is 2.97. The van der Waals surface area contributed by atoms with Crippen LogP contribution in [0.5, 0.6) is 5.75 Å². The summed E-state index contributed by atoms with van der Waals surface area (Å²) in [4.78, 5) is 0. The number of hydrogen-bond acceptors (Lipinski definition) is 3. The van der Waals surface area contributed by atoms with Crippen LogP contribution in [-0.4, -0.2) is 18.5 Å². The molecular formula is C14H22O3. The van der Waals surface area contributed by atoms with Crippen LogP contribution in [0.2, 0.25) is 0 Å². The van der Waals surface area contributed by atoms with E-state index in [0.29, 0.717) is 6.61 Å². The van der Waals surface area contributed by atoms with E-state index < -0.39 is 6.29 Å². The van der Waals surface area contributed by atoms with Crippen molar-refractivity contribution in [2.45, 2.75) is 46.0 Å². The molecule has 0 saturated carbocycles. The number of aliphatic hydroxyl groups excluding tert-OH is 1. The van der Waals surface area contributed by atoms with Gasteiger partial charge in [0.1, 0.15) is 5.75 Å². The van der Waals surface area contributed by atoms with E-state index in [0.717, 1.165) is 16.9 Å². The molecule has 1 rings (SSSR count). The van der Waals surface area contributed by atoms with Gasteiger partial charge in [-0.05, 0) is 35.6 Å². The summed E-state index contributed by atoms with van der Waals surface area (Å²) in [5.41, 5.74) is 2.20. The van der Waals surface area contributed by atoms with Crippen LogP contribution >= 0.6 is 0 Å². The van der Waals surface area contributed by atoms with E-state index >= 15 is 0 Å². The number of benzene rings is 1. The zero-order chi connectivity index (χ0) is 13.1. The van der Waals surface area contributed by atoms with E-state index in [1.807, 2.05) is 12.1 Å².